The number of nitrogens with two attached hydrogens (primary N) is 1. The van der Waals surface area contributed by atoms with Crippen LogP contribution in [0.25, 0.3) is 0 Å². The van der Waals surface area contributed by atoms with E-state index in [4.69, 9.17) is 5.73 Å². The second kappa shape index (κ2) is 4.76. The Morgan fingerprint density at radius 3 is 2.31 bits per heavy atom. The molecule has 0 radical (unpaired) electrons. The van der Waals surface area contributed by atoms with E-state index in [-0.39, 0.29) is 11.9 Å². The van der Waals surface area contributed by atoms with Crippen LogP contribution in [0.15, 0.2) is 53.0 Å². The summed E-state index contributed by atoms with van der Waals surface area (Å²) in [5.74, 6) is -0.288. The molecule has 0 heterocycles. The van der Waals surface area contributed by atoms with Crippen LogP contribution in [0.1, 0.15) is 17.2 Å². The van der Waals surface area contributed by atoms with E-state index < -0.39 is 0 Å². The molecule has 0 aliphatic rings. The zero-order valence-corrected chi connectivity index (χ0v) is 10.1. The summed E-state index contributed by atoms with van der Waals surface area (Å²) in [6.07, 6.45) is 0. The van der Waals surface area contributed by atoms with Crippen LogP contribution < -0.4 is 5.73 Å². The molecule has 0 spiro atoms. The predicted molar refractivity (Wildman–Crippen MR) is 66.6 cm³/mol. The van der Waals surface area contributed by atoms with Crippen LogP contribution in [-0.2, 0) is 0 Å². The van der Waals surface area contributed by atoms with Crippen LogP contribution in [0.4, 0.5) is 4.39 Å². The quantitative estimate of drug-likeness (QED) is 0.893. The fourth-order valence-corrected chi connectivity index (χ4v) is 1.81. The lowest BCUT2D eigenvalue weighted by atomic mass is 10.00. The molecular formula is C13H11BrFN. The van der Waals surface area contributed by atoms with Gasteiger partial charge in [0.25, 0.3) is 0 Å². The maximum Gasteiger partial charge on any atom is 0.137 e. The van der Waals surface area contributed by atoms with Gasteiger partial charge in [-0.2, -0.15) is 0 Å². The molecule has 0 saturated heterocycles. The fourth-order valence-electron chi connectivity index (χ4n) is 1.56. The van der Waals surface area contributed by atoms with Crippen LogP contribution in [0, 0.1) is 5.82 Å². The highest BCUT2D eigenvalue weighted by Crippen LogP contribution is 2.23. The molecule has 2 aromatic rings. The molecule has 0 fully saturated rings. The normalized spacial score (nSPS) is 12.4. The van der Waals surface area contributed by atoms with Gasteiger partial charge in [-0.1, -0.05) is 36.4 Å². The summed E-state index contributed by atoms with van der Waals surface area (Å²) >= 11 is 3.12. The Hall–Kier alpha value is -1.19. The number of hydrogen-bond donors (Lipinski definition) is 1. The molecule has 2 rings (SSSR count). The van der Waals surface area contributed by atoms with Crippen molar-refractivity contribution in [2.24, 2.45) is 5.73 Å². The summed E-state index contributed by atoms with van der Waals surface area (Å²) in [6.45, 7) is 0. The van der Waals surface area contributed by atoms with Gasteiger partial charge in [0.2, 0.25) is 0 Å². The molecule has 0 bridgehead atoms. The Balaban J connectivity index is 2.34. The summed E-state index contributed by atoms with van der Waals surface area (Å²) in [5, 5.41) is 0. The second-order valence-electron chi connectivity index (χ2n) is 3.56. The highest BCUT2D eigenvalue weighted by Gasteiger charge is 2.10. The van der Waals surface area contributed by atoms with E-state index in [0.29, 0.717) is 4.47 Å². The van der Waals surface area contributed by atoms with E-state index in [1.165, 1.54) is 6.07 Å². The molecular weight excluding hydrogens is 269 g/mol. The summed E-state index contributed by atoms with van der Waals surface area (Å²) in [5.41, 5.74) is 7.80. The molecule has 2 N–H and O–H groups in total. The van der Waals surface area contributed by atoms with Gasteiger partial charge in [0, 0.05) is 0 Å². The van der Waals surface area contributed by atoms with Crippen molar-refractivity contribution in [1.82, 2.24) is 0 Å². The van der Waals surface area contributed by atoms with E-state index in [1.54, 1.807) is 6.07 Å². The monoisotopic (exact) mass is 279 g/mol. The molecule has 2 aromatic carbocycles. The molecule has 0 unspecified atom stereocenters. The molecule has 1 atom stereocenters. The third kappa shape index (κ3) is 2.31. The summed E-state index contributed by atoms with van der Waals surface area (Å²) < 4.78 is 13.8. The van der Waals surface area contributed by atoms with Gasteiger partial charge >= 0.3 is 0 Å². The van der Waals surface area contributed by atoms with Crippen molar-refractivity contribution >= 4 is 15.9 Å². The van der Waals surface area contributed by atoms with Crippen molar-refractivity contribution < 1.29 is 4.39 Å². The standard InChI is InChI=1S/C13H11BrFN/c14-11-7-6-10(8-12(11)15)13(16)9-4-2-1-3-5-9/h1-8,13H,16H2/t13-/m0/s1. The SMILES string of the molecule is N[C@@H](c1ccccc1)c1ccc(Br)c(F)c1. The second-order valence-corrected chi connectivity index (χ2v) is 4.42. The van der Waals surface area contributed by atoms with Crippen LogP contribution in [0.5, 0.6) is 0 Å². The van der Waals surface area contributed by atoms with Crippen LogP contribution in [0.3, 0.4) is 0 Å². The molecule has 0 saturated carbocycles. The van der Waals surface area contributed by atoms with E-state index in [9.17, 15) is 4.39 Å². The van der Waals surface area contributed by atoms with E-state index in [0.717, 1.165) is 11.1 Å². The topological polar surface area (TPSA) is 26.0 Å². The lowest BCUT2D eigenvalue weighted by molar-refractivity contribution is 0.617. The Labute approximate surface area is 102 Å². The third-order valence-electron chi connectivity index (χ3n) is 2.46. The van der Waals surface area contributed by atoms with Gasteiger partial charge in [-0.25, -0.2) is 4.39 Å². The lowest BCUT2D eigenvalue weighted by Gasteiger charge is -2.12. The first-order valence-electron chi connectivity index (χ1n) is 4.94. The van der Waals surface area contributed by atoms with Gasteiger partial charge < -0.3 is 5.73 Å². The number of halogens is 2. The van der Waals surface area contributed by atoms with E-state index >= 15 is 0 Å². The average molecular weight is 280 g/mol. The maximum atomic E-state index is 13.4. The minimum atomic E-state index is -0.288. The zero-order valence-electron chi connectivity index (χ0n) is 8.53. The minimum absolute atomic E-state index is 0.288. The first-order valence-corrected chi connectivity index (χ1v) is 5.73. The molecule has 0 aliphatic carbocycles. The summed E-state index contributed by atoms with van der Waals surface area (Å²) in [4.78, 5) is 0. The van der Waals surface area contributed by atoms with Crippen molar-refractivity contribution in [2.75, 3.05) is 0 Å². The zero-order chi connectivity index (χ0) is 11.5. The van der Waals surface area contributed by atoms with Crippen molar-refractivity contribution in [3.63, 3.8) is 0 Å². The molecule has 16 heavy (non-hydrogen) atoms. The van der Waals surface area contributed by atoms with Crippen molar-refractivity contribution in [3.05, 3.63) is 69.9 Å². The Kier molecular flexibility index (Phi) is 3.36. The first-order chi connectivity index (χ1) is 7.68. The van der Waals surface area contributed by atoms with Gasteiger partial charge in [0.15, 0.2) is 0 Å². The minimum Gasteiger partial charge on any atom is -0.320 e. The van der Waals surface area contributed by atoms with Crippen LogP contribution >= 0.6 is 15.9 Å². The van der Waals surface area contributed by atoms with Crippen LogP contribution in [0.2, 0.25) is 0 Å². The molecule has 0 aromatic heterocycles. The lowest BCUT2D eigenvalue weighted by Crippen LogP contribution is -2.11. The fraction of sp³-hybridized carbons (Fsp3) is 0.0769. The Morgan fingerprint density at radius 1 is 1.00 bits per heavy atom. The number of benzene rings is 2. The molecule has 82 valence electrons. The Bertz CT molecular complexity index is 485. The van der Waals surface area contributed by atoms with Crippen molar-refractivity contribution in [3.8, 4) is 0 Å². The average Bonchev–Trinajstić information content (AvgIpc) is 2.33. The van der Waals surface area contributed by atoms with Gasteiger partial charge in [-0.05, 0) is 39.2 Å². The number of hydrogen-bond acceptors (Lipinski definition) is 1. The Morgan fingerprint density at radius 2 is 1.69 bits per heavy atom. The molecule has 0 aliphatic heterocycles. The molecule has 0 amide bonds. The summed E-state index contributed by atoms with van der Waals surface area (Å²) in [7, 11) is 0. The smallest absolute Gasteiger partial charge is 0.137 e. The third-order valence-corrected chi connectivity index (χ3v) is 3.10. The van der Waals surface area contributed by atoms with Crippen LogP contribution in [-0.4, -0.2) is 0 Å². The summed E-state index contributed by atoms with van der Waals surface area (Å²) in [6, 6.07) is 14.3. The van der Waals surface area contributed by atoms with Gasteiger partial charge in [0.1, 0.15) is 5.82 Å². The molecule has 1 nitrogen and oxygen atoms in total. The van der Waals surface area contributed by atoms with Gasteiger partial charge in [-0.15, -0.1) is 0 Å². The maximum absolute atomic E-state index is 13.4. The van der Waals surface area contributed by atoms with Crippen molar-refractivity contribution in [2.45, 2.75) is 6.04 Å². The largest absolute Gasteiger partial charge is 0.320 e. The van der Waals surface area contributed by atoms with E-state index in [1.807, 2.05) is 36.4 Å². The highest BCUT2D eigenvalue weighted by atomic mass is 79.9. The molecule has 3 heteroatoms. The predicted octanol–water partition coefficient (Wildman–Crippen LogP) is 3.64. The van der Waals surface area contributed by atoms with Gasteiger partial charge in [0.05, 0.1) is 10.5 Å². The van der Waals surface area contributed by atoms with E-state index in [2.05, 4.69) is 15.9 Å². The van der Waals surface area contributed by atoms with Gasteiger partial charge in [-0.3, -0.25) is 0 Å². The number of rotatable bonds is 2. The highest BCUT2D eigenvalue weighted by molar-refractivity contribution is 9.10. The first kappa shape index (κ1) is 11.3. The van der Waals surface area contributed by atoms with Crippen molar-refractivity contribution in [1.29, 1.82) is 0 Å².